The topological polar surface area (TPSA) is 71.3 Å². The molecule has 0 spiro atoms. The Balaban J connectivity index is 1.35. The zero-order chi connectivity index (χ0) is 27.5. The maximum absolute atomic E-state index is 13.6. The van der Waals surface area contributed by atoms with Crippen molar-refractivity contribution < 1.29 is 12.8 Å². The summed E-state index contributed by atoms with van der Waals surface area (Å²) in [6.07, 6.45) is 4.22. The van der Waals surface area contributed by atoms with Gasteiger partial charge >= 0.3 is 0 Å². The molecule has 4 aromatic rings. The van der Waals surface area contributed by atoms with Gasteiger partial charge in [0.25, 0.3) is 10.0 Å². The van der Waals surface area contributed by atoms with Gasteiger partial charge in [-0.05, 0) is 85.5 Å². The SMILES string of the molecule is Cc1nc(S(=O)(=O)N2CCN(CC3CC(C)(C)C3)C(c3cc4cnn(-c5ccc(F)cc5)c4cc3C)C2)cs1. The van der Waals surface area contributed by atoms with E-state index >= 15 is 0 Å². The molecule has 206 valence electrons. The Bertz CT molecular complexity index is 1620. The minimum atomic E-state index is -3.68. The fourth-order valence-corrected chi connectivity index (χ4v) is 8.77. The number of aromatic nitrogens is 3. The number of aryl methyl sites for hydroxylation is 2. The van der Waals surface area contributed by atoms with Crippen molar-refractivity contribution in [2.24, 2.45) is 11.3 Å². The number of rotatable bonds is 6. The van der Waals surface area contributed by atoms with E-state index in [0.29, 0.717) is 31.0 Å². The summed E-state index contributed by atoms with van der Waals surface area (Å²) in [5, 5.41) is 8.10. The van der Waals surface area contributed by atoms with Gasteiger partial charge in [0.05, 0.1) is 22.4 Å². The third-order valence-electron chi connectivity index (χ3n) is 8.22. The first-order valence-electron chi connectivity index (χ1n) is 13.4. The summed E-state index contributed by atoms with van der Waals surface area (Å²) < 4.78 is 44.0. The van der Waals surface area contributed by atoms with Crippen LogP contribution in [0.3, 0.4) is 0 Å². The van der Waals surface area contributed by atoms with E-state index in [2.05, 4.69) is 47.9 Å². The monoisotopic (exact) mass is 567 g/mol. The Morgan fingerprint density at radius 1 is 1.10 bits per heavy atom. The molecule has 2 aromatic carbocycles. The van der Waals surface area contributed by atoms with Crippen molar-refractivity contribution in [1.29, 1.82) is 0 Å². The molecule has 2 aliphatic rings. The van der Waals surface area contributed by atoms with E-state index in [1.54, 1.807) is 21.8 Å². The zero-order valence-electron chi connectivity index (χ0n) is 22.8. The Kier molecular flexibility index (Phi) is 6.65. The van der Waals surface area contributed by atoms with Gasteiger partial charge in [0.2, 0.25) is 0 Å². The summed E-state index contributed by atoms with van der Waals surface area (Å²) in [4.78, 5) is 6.78. The van der Waals surface area contributed by atoms with Crippen LogP contribution < -0.4 is 0 Å². The number of fused-ring (bicyclic) bond motifs is 1. The third kappa shape index (κ3) is 5.03. The molecule has 2 aromatic heterocycles. The second-order valence-corrected chi connectivity index (χ2v) is 14.8. The highest BCUT2D eigenvalue weighted by atomic mass is 32.2. The number of thiazole rings is 1. The Hall–Kier alpha value is -2.66. The van der Waals surface area contributed by atoms with Crippen molar-refractivity contribution in [3.05, 3.63) is 69.9 Å². The molecule has 1 unspecified atom stereocenters. The van der Waals surface area contributed by atoms with Crippen LogP contribution in [0.5, 0.6) is 0 Å². The van der Waals surface area contributed by atoms with Crippen LogP contribution in [0, 0.1) is 31.0 Å². The van der Waals surface area contributed by atoms with E-state index in [-0.39, 0.29) is 16.9 Å². The fourth-order valence-electron chi connectivity index (χ4n) is 6.43. The molecule has 0 amide bonds. The number of benzene rings is 2. The van der Waals surface area contributed by atoms with Crippen LogP contribution in [0.1, 0.15) is 48.9 Å². The smallest absolute Gasteiger partial charge is 0.261 e. The van der Waals surface area contributed by atoms with Gasteiger partial charge in [0.15, 0.2) is 5.03 Å². The predicted octanol–water partition coefficient (Wildman–Crippen LogP) is 5.72. The molecular formula is C29H34FN5O2S2. The second kappa shape index (κ2) is 9.76. The maximum atomic E-state index is 13.6. The van der Waals surface area contributed by atoms with Gasteiger partial charge in [-0.1, -0.05) is 13.8 Å². The molecule has 2 fully saturated rings. The van der Waals surface area contributed by atoms with Crippen molar-refractivity contribution in [1.82, 2.24) is 24.0 Å². The molecule has 1 atom stereocenters. The molecule has 1 aliphatic heterocycles. The molecule has 1 saturated heterocycles. The van der Waals surface area contributed by atoms with Crippen LogP contribution in [0.25, 0.3) is 16.6 Å². The molecule has 39 heavy (non-hydrogen) atoms. The van der Waals surface area contributed by atoms with Crippen LogP contribution >= 0.6 is 11.3 Å². The molecule has 10 heteroatoms. The lowest BCUT2D eigenvalue weighted by Gasteiger charge is -2.48. The first-order valence-corrected chi connectivity index (χ1v) is 15.7. The molecule has 1 saturated carbocycles. The third-order valence-corrected chi connectivity index (χ3v) is 10.9. The normalized spacial score (nSPS) is 20.9. The number of nitrogens with zero attached hydrogens (tertiary/aromatic N) is 5. The van der Waals surface area contributed by atoms with E-state index in [1.807, 2.05) is 17.8 Å². The number of halogens is 1. The van der Waals surface area contributed by atoms with Crippen LogP contribution in [0.2, 0.25) is 0 Å². The predicted molar refractivity (Wildman–Crippen MR) is 152 cm³/mol. The van der Waals surface area contributed by atoms with Gasteiger partial charge < -0.3 is 0 Å². The lowest BCUT2D eigenvalue weighted by Crippen LogP contribution is -2.53. The Labute approximate surface area is 233 Å². The van der Waals surface area contributed by atoms with Gasteiger partial charge in [0, 0.05) is 43.0 Å². The lowest BCUT2D eigenvalue weighted by molar-refractivity contribution is 0.0267. The van der Waals surface area contributed by atoms with E-state index in [4.69, 9.17) is 0 Å². The van der Waals surface area contributed by atoms with Crippen LogP contribution in [-0.4, -0.2) is 58.6 Å². The van der Waals surface area contributed by atoms with Gasteiger partial charge in [-0.3, -0.25) is 4.90 Å². The largest absolute Gasteiger partial charge is 0.293 e. The fraction of sp³-hybridized carbons (Fsp3) is 0.448. The molecule has 6 rings (SSSR count). The van der Waals surface area contributed by atoms with Crippen molar-refractivity contribution in [2.75, 3.05) is 26.2 Å². The summed E-state index contributed by atoms with van der Waals surface area (Å²) >= 11 is 1.36. The van der Waals surface area contributed by atoms with E-state index in [0.717, 1.165) is 39.3 Å². The first kappa shape index (κ1) is 26.6. The minimum Gasteiger partial charge on any atom is -0.293 e. The van der Waals surface area contributed by atoms with Crippen molar-refractivity contribution in [2.45, 2.75) is 51.6 Å². The number of hydrogen-bond acceptors (Lipinski definition) is 6. The van der Waals surface area contributed by atoms with E-state index in [9.17, 15) is 12.8 Å². The molecule has 1 aliphatic carbocycles. The molecule has 0 bridgehead atoms. The number of piperazine rings is 1. The highest BCUT2D eigenvalue weighted by Gasteiger charge is 2.41. The number of hydrogen-bond donors (Lipinski definition) is 0. The average Bonchev–Trinajstić information content (AvgIpc) is 3.49. The van der Waals surface area contributed by atoms with E-state index in [1.165, 1.54) is 36.3 Å². The Morgan fingerprint density at radius 3 is 2.51 bits per heavy atom. The summed E-state index contributed by atoms with van der Waals surface area (Å²) in [6, 6.07) is 10.5. The van der Waals surface area contributed by atoms with E-state index < -0.39 is 10.0 Å². The standard InChI is InChI=1S/C29H34FN5O2S2/c1-19-11-26-22(15-31-35(26)24-7-5-23(30)6-8-24)12-25(19)27-17-34(39(36,37)28-18-38-20(2)32-28)10-9-33(27)16-21-13-29(3,4)14-21/h5-8,11-12,15,18,21,27H,9-10,13-14,16-17H2,1-4H3. The zero-order valence-corrected chi connectivity index (χ0v) is 24.4. The summed E-state index contributed by atoms with van der Waals surface area (Å²) in [6.45, 7) is 11.0. The minimum absolute atomic E-state index is 0.0736. The lowest BCUT2D eigenvalue weighted by atomic mass is 9.64. The summed E-state index contributed by atoms with van der Waals surface area (Å²) in [5.74, 6) is 0.338. The quantitative estimate of drug-likeness (QED) is 0.298. The second-order valence-electron chi connectivity index (χ2n) is 11.8. The number of sulfonamides is 1. The van der Waals surface area contributed by atoms with Crippen LogP contribution in [0.4, 0.5) is 4.39 Å². The van der Waals surface area contributed by atoms with Gasteiger partial charge in [-0.25, -0.2) is 22.5 Å². The van der Waals surface area contributed by atoms with Gasteiger partial charge in [-0.2, -0.15) is 9.40 Å². The van der Waals surface area contributed by atoms with Gasteiger partial charge in [-0.15, -0.1) is 11.3 Å². The van der Waals surface area contributed by atoms with Crippen LogP contribution in [-0.2, 0) is 10.0 Å². The maximum Gasteiger partial charge on any atom is 0.261 e. The van der Waals surface area contributed by atoms with Crippen molar-refractivity contribution in [3.63, 3.8) is 0 Å². The molecule has 0 radical (unpaired) electrons. The molecular weight excluding hydrogens is 533 g/mol. The molecule has 3 heterocycles. The highest BCUT2D eigenvalue weighted by molar-refractivity contribution is 7.89. The molecule has 7 nitrogen and oxygen atoms in total. The Morgan fingerprint density at radius 2 is 1.85 bits per heavy atom. The van der Waals surface area contributed by atoms with Crippen LogP contribution in [0.15, 0.2) is 53.0 Å². The highest BCUT2D eigenvalue weighted by Crippen LogP contribution is 2.46. The first-order chi connectivity index (χ1) is 18.5. The van der Waals surface area contributed by atoms with Gasteiger partial charge in [0.1, 0.15) is 5.82 Å². The van der Waals surface area contributed by atoms with Crippen molar-refractivity contribution >= 4 is 32.3 Å². The van der Waals surface area contributed by atoms with Crippen molar-refractivity contribution in [3.8, 4) is 5.69 Å². The summed E-state index contributed by atoms with van der Waals surface area (Å²) in [7, 11) is -3.68. The summed E-state index contributed by atoms with van der Waals surface area (Å²) in [5.41, 5.74) is 4.32. The molecule has 0 N–H and O–H groups in total. The average molecular weight is 568 g/mol.